The molecule has 0 saturated carbocycles. The molecule has 2 aromatic rings. The lowest BCUT2D eigenvalue weighted by molar-refractivity contribution is 0.0940. The molecule has 1 unspecified atom stereocenters. The molecule has 3 rings (SSSR count). The van der Waals surface area contributed by atoms with Crippen LogP contribution in [0.15, 0.2) is 29.2 Å². The van der Waals surface area contributed by atoms with E-state index in [4.69, 9.17) is 11.6 Å². The summed E-state index contributed by atoms with van der Waals surface area (Å²) in [7, 11) is 0. The van der Waals surface area contributed by atoms with E-state index in [2.05, 4.69) is 22.1 Å². The predicted octanol–water partition coefficient (Wildman–Crippen LogP) is 2.40. The smallest absolute Gasteiger partial charge is 0.256 e. The van der Waals surface area contributed by atoms with E-state index in [9.17, 15) is 9.59 Å². The molecule has 0 spiro atoms. The first-order valence-electron chi connectivity index (χ1n) is 7.93. The number of nitrogens with one attached hydrogen (secondary N) is 2. The minimum Gasteiger partial charge on any atom is -0.360 e. The Kier molecular flexibility index (Phi) is 4.68. The van der Waals surface area contributed by atoms with Gasteiger partial charge in [-0.2, -0.15) is 0 Å². The van der Waals surface area contributed by atoms with E-state index in [0.29, 0.717) is 28.5 Å². The van der Waals surface area contributed by atoms with Crippen LogP contribution in [0.2, 0.25) is 5.02 Å². The third-order valence-electron chi connectivity index (χ3n) is 4.49. The van der Waals surface area contributed by atoms with Crippen molar-refractivity contribution in [1.29, 1.82) is 0 Å². The van der Waals surface area contributed by atoms with Crippen LogP contribution in [0.4, 0.5) is 0 Å². The van der Waals surface area contributed by atoms with Gasteiger partial charge in [-0.3, -0.25) is 14.5 Å². The monoisotopic (exact) mass is 333 g/mol. The van der Waals surface area contributed by atoms with Crippen molar-refractivity contribution in [3.8, 4) is 0 Å². The lowest BCUT2D eigenvalue weighted by atomic mass is 10.1. The number of pyridine rings is 1. The van der Waals surface area contributed by atoms with Gasteiger partial charge in [0.15, 0.2) is 0 Å². The number of nitrogens with zero attached hydrogens (tertiary/aromatic N) is 1. The summed E-state index contributed by atoms with van der Waals surface area (Å²) in [5.74, 6) is -0.337. The van der Waals surface area contributed by atoms with Crippen molar-refractivity contribution < 1.29 is 4.79 Å². The molecule has 5 nitrogen and oxygen atoms in total. The normalized spacial score (nSPS) is 18.4. The number of hydrogen-bond donors (Lipinski definition) is 2. The number of fused-ring (bicyclic) bond motifs is 1. The highest BCUT2D eigenvalue weighted by Gasteiger charge is 2.23. The van der Waals surface area contributed by atoms with E-state index in [0.717, 1.165) is 25.9 Å². The van der Waals surface area contributed by atoms with Crippen LogP contribution in [0.3, 0.4) is 0 Å². The molecule has 1 atom stereocenters. The largest absolute Gasteiger partial charge is 0.360 e. The summed E-state index contributed by atoms with van der Waals surface area (Å²) in [4.78, 5) is 30.2. The summed E-state index contributed by atoms with van der Waals surface area (Å²) >= 11 is 5.94. The first kappa shape index (κ1) is 16.0. The highest BCUT2D eigenvalue weighted by Crippen LogP contribution is 2.16. The summed E-state index contributed by atoms with van der Waals surface area (Å²) in [6, 6.07) is 5.39. The van der Waals surface area contributed by atoms with Crippen molar-refractivity contribution in [2.24, 2.45) is 0 Å². The predicted molar refractivity (Wildman–Crippen MR) is 92.2 cm³/mol. The average Bonchev–Trinajstić information content (AvgIpc) is 3.01. The van der Waals surface area contributed by atoms with E-state index in [1.807, 2.05) is 0 Å². The van der Waals surface area contributed by atoms with Gasteiger partial charge in [-0.25, -0.2) is 0 Å². The SMILES string of the molecule is CCN1CCCC1CNC(=O)c1c[nH]c2ccc(Cl)cc2c1=O. The molecular weight excluding hydrogens is 314 g/mol. The fraction of sp³-hybridized carbons (Fsp3) is 0.412. The highest BCUT2D eigenvalue weighted by molar-refractivity contribution is 6.31. The number of amides is 1. The Morgan fingerprint density at radius 3 is 3.09 bits per heavy atom. The van der Waals surface area contributed by atoms with Crippen LogP contribution >= 0.6 is 11.6 Å². The maximum Gasteiger partial charge on any atom is 0.256 e. The van der Waals surface area contributed by atoms with Crippen molar-refractivity contribution in [2.75, 3.05) is 19.6 Å². The van der Waals surface area contributed by atoms with Gasteiger partial charge in [0.2, 0.25) is 5.43 Å². The number of carbonyl (C=O) groups excluding carboxylic acids is 1. The molecule has 1 saturated heterocycles. The number of likely N-dealkylation sites (tertiary alicyclic amines) is 1. The number of rotatable bonds is 4. The van der Waals surface area contributed by atoms with Crippen molar-refractivity contribution in [3.05, 3.63) is 45.2 Å². The van der Waals surface area contributed by atoms with Crippen molar-refractivity contribution in [2.45, 2.75) is 25.8 Å². The second-order valence-corrected chi connectivity index (χ2v) is 6.29. The summed E-state index contributed by atoms with van der Waals surface area (Å²) < 4.78 is 0. The minimum absolute atomic E-state index is 0.126. The lowest BCUT2D eigenvalue weighted by Gasteiger charge is -2.22. The third-order valence-corrected chi connectivity index (χ3v) is 4.73. The van der Waals surface area contributed by atoms with Gasteiger partial charge < -0.3 is 10.3 Å². The lowest BCUT2D eigenvalue weighted by Crippen LogP contribution is -2.41. The Balaban J connectivity index is 1.78. The van der Waals surface area contributed by atoms with E-state index < -0.39 is 0 Å². The van der Waals surface area contributed by atoms with Gasteiger partial charge in [0.05, 0.1) is 0 Å². The molecule has 23 heavy (non-hydrogen) atoms. The molecule has 2 heterocycles. The fourth-order valence-corrected chi connectivity index (χ4v) is 3.38. The van der Waals surface area contributed by atoms with E-state index in [-0.39, 0.29) is 16.9 Å². The van der Waals surface area contributed by atoms with Crippen LogP contribution in [0, 0.1) is 0 Å². The number of H-pyrrole nitrogens is 1. The average molecular weight is 334 g/mol. The number of likely N-dealkylation sites (N-methyl/N-ethyl adjacent to an activating group) is 1. The third kappa shape index (κ3) is 3.26. The number of aromatic nitrogens is 1. The molecule has 1 aliphatic rings. The van der Waals surface area contributed by atoms with Crippen molar-refractivity contribution in [3.63, 3.8) is 0 Å². The molecular formula is C17H20ClN3O2. The molecule has 1 fully saturated rings. The van der Waals surface area contributed by atoms with Gasteiger partial charge in [-0.1, -0.05) is 18.5 Å². The zero-order valence-electron chi connectivity index (χ0n) is 13.1. The summed E-state index contributed by atoms with van der Waals surface area (Å²) in [5.41, 5.74) is 0.502. The van der Waals surface area contributed by atoms with Gasteiger partial charge in [0, 0.05) is 34.7 Å². The van der Waals surface area contributed by atoms with Crippen molar-refractivity contribution in [1.82, 2.24) is 15.2 Å². The molecule has 0 aliphatic carbocycles. The standard InChI is InChI=1S/C17H20ClN3O2/c1-2-21-7-3-4-12(21)9-20-17(23)14-10-19-15-6-5-11(18)8-13(15)16(14)22/h5-6,8,10,12H,2-4,7,9H2,1H3,(H,19,22)(H,20,23). The van der Waals surface area contributed by atoms with Crippen LogP contribution < -0.4 is 10.7 Å². The van der Waals surface area contributed by atoms with Gasteiger partial charge in [-0.15, -0.1) is 0 Å². The molecule has 122 valence electrons. The quantitative estimate of drug-likeness (QED) is 0.903. The molecule has 1 aliphatic heterocycles. The van der Waals surface area contributed by atoms with Crippen molar-refractivity contribution >= 4 is 28.4 Å². The molecule has 2 N–H and O–H groups in total. The second kappa shape index (κ2) is 6.72. The van der Waals surface area contributed by atoms with Gasteiger partial charge in [0.25, 0.3) is 5.91 Å². The van der Waals surface area contributed by atoms with Crippen LogP contribution in [0.5, 0.6) is 0 Å². The number of halogens is 1. The Morgan fingerprint density at radius 2 is 2.30 bits per heavy atom. The number of benzene rings is 1. The molecule has 1 aromatic heterocycles. The summed E-state index contributed by atoms with van der Waals surface area (Å²) in [6.07, 6.45) is 3.71. The summed E-state index contributed by atoms with van der Waals surface area (Å²) in [5, 5.41) is 3.80. The van der Waals surface area contributed by atoms with Crippen LogP contribution in [0.25, 0.3) is 10.9 Å². The first-order chi connectivity index (χ1) is 11.1. The fourth-order valence-electron chi connectivity index (χ4n) is 3.21. The maximum absolute atomic E-state index is 12.5. The molecule has 0 bridgehead atoms. The van der Waals surface area contributed by atoms with E-state index >= 15 is 0 Å². The molecule has 6 heteroatoms. The Hall–Kier alpha value is -1.85. The minimum atomic E-state index is -0.337. The maximum atomic E-state index is 12.5. The number of carbonyl (C=O) groups is 1. The molecule has 1 amide bonds. The van der Waals surface area contributed by atoms with Crippen LogP contribution in [0.1, 0.15) is 30.1 Å². The van der Waals surface area contributed by atoms with Gasteiger partial charge >= 0.3 is 0 Å². The first-order valence-corrected chi connectivity index (χ1v) is 8.31. The Labute approximate surface area is 139 Å². The highest BCUT2D eigenvalue weighted by atomic mass is 35.5. The summed E-state index contributed by atoms with van der Waals surface area (Å²) in [6.45, 7) is 4.75. The number of aromatic amines is 1. The zero-order valence-corrected chi connectivity index (χ0v) is 13.8. The van der Waals surface area contributed by atoms with Crippen LogP contribution in [-0.2, 0) is 0 Å². The topological polar surface area (TPSA) is 65.2 Å². The Bertz CT molecular complexity index is 787. The Morgan fingerprint density at radius 1 is 1.48 bits per heavy atom. The van der Waals surface area contributed by atoms with Crippen LogP contribution in [-0.4, -0.2) is 41.5 Å². The molecule has 0 radical (unpaired) electrons. The van der Waals surface area contributed by atoms with E-state index in [1.54, 1.807) is 18.2 Å². The van der Waals surface area contributed by atoms with Gasteiger partial charge in [-0.05, 0) is 44.1 Å². The van der Waals surface area contributed by atoms with Gasteiger partial charge in [0.1, 0.15) is 5.56 Å². The zero-order chi connectivity index (χ0) is 16.4. The number of hydrogen-bond acceptors (Lipinski definition) is 3. The molecule has 1 aromatic carbocycles. The second-order valence-electron chi connectivity index (χ2n) is 5.86. The van der Waals surface area contributed by atoms with E-state index in [1.165, 1.54) is 6.20 Å².